The van der Waals surface area contributed by atoms with Crippen LogP contribution in [0.1, 0.15) is 58.1 Å². The minimum Gasteiger partial charge on any atom is -0.481 e. The van der Waals surface area contributed by atoms with E-state index in [9.17, 15) is 32.3 Å². The number of alkyl halides is 3. The molecule has 3 heterocycles. The maximum Gasteiger partial charge on any atom is 0.449 e. The minimum absolute atomic E-state index is 0.113. The number of hydrogen-bond acceptors (Lipinski definition) is 5. The van der Waals surface area contributed by atoms with Crippen molar-refractivity contribution in [3.05, 3.63) is 117 Å². The molecule has 5 rings (SSSR count). The first kappa shape index (κ1) is 32.6. The first-order valence-electron chi connectivity index (χ1n) is 14.1. The van der Waals surface area contributed by atoms with Gasteiger partial charge in [-0.15, -0.1) is 0 Å². The zero-order chi connectivity index (χ0) is 33.6. The number of nitrogens with zero attached hydrogens (tertiary/aromatic N) is 3. The van der Waals surface area contributed by atoms with Crippen LogP contribution in [0.5, 0.6) is 0 Å². The highest BCUT2D eigenvalue weighted by Crippen LogP contribution is 2.34. The number of amides is 1. The summed E-state index contributed by atoms with van der Waals surface area (Å²) < 4.78 is 59.0. The summed E-state index contributed by atoms with van der Waals surface area (Å²) in [5.74, 6) is -3.53. The Bertz CT molecular complexity index is 1990. The Morgan fingerprint density at radius 3 is 2.35 bits per heavy atom. The lowest BCUT2D eigenvalue weighted by molar-refractivity contribution is -0.153. The predicted octanol–water partition coefficient (Wildman–Crippen LogP) is 8.52. The van der Waals surface area contributed by atoms with E-state index in [1.54, 1.807) is 64.1 Å². The predicted molar refractivity (Wildman–Crippen MR) is 164 cm³/mol. The number of carboxylic acid groups (broad SMARTS) is 1. The van der Waals surface area contributed by atoms with Crippen molar-refractivity contribution in [3.63, 3.8) is 0 Å². The molecule has 1 N–H and O–H groups in total. The number of carboxylic acids is 1. The monoisotopic (exact) mass is 653 g/mol. The quantitative estimate of drug-likeness (QED) is 0.169. The first-order chi connectivity index (χ1) is 21.6. The molecule has 0 bridgehead atoms. The van der Waals surface area contributed by atoms with Crippen molar-refractivity contribution in [2.45, 2.75) is 52.4 Å². The summed E-state index contributed by atoms with van der Waals surface area (Å²) in [6.45, 7) is 6.06. The number of fused-ring (bicyclic) bond motifs is 1. The molecule has 238 valence electrons. The highest BCUT2D eigenvalue weighted by atomic mass is 35.5. The van der Waals surface area contributed by atoms with Crippen LogP contribution < -0.4 is 0 Å². The van der Waals surface area contributed by atoms with Crippen molar-refractivity contribution in [2.75, 3.05) is 0 Å². The molecule has 0 aliphatic heterocycles. The third-order valence-electron chi connectivity index (χ3n) is 7.93. The SMILES string of the molecule is Cc1nc2cc(F)cnc2c(C(=O)N(Cc2ccc(C(F)(F)F)o2)Cc2ccc(-c3cccc(C(C)(C)C(=O)O)c3)cc2Cl)c1C. The van der Waals surface area contributed by atoms with Gasteiger partial charge < -0.3 is 14.4 Å². The number of aliphatic carboxylic acids is 1. The Balaban J connectivity index is 1.54. The van der Waals surface area contributed by atoms with Gasteiger partial charge in [0.05, 0.1) is 29.2 Å². The Kier molecular flexibility index (Phi) is 8.65. The molecule has 0 spiro atoms. The Labute approximate surface area is 266 Å². The third kappa shape index (κ3) is 6.46. The van der Waals surface area contributed by atoms with Crippen molar-refractivity contribution in [2.24, 2.45) is 0 Å². The number of carbonyl (C=O) groups is 2. The molecule has 0 aliphatic rings. The van der Waals surface area contributed by atoms with E-state index in [1.807, 2.05) is 6.07 Å². The van der Waals surface area contributed by atoms with E-state index < -0.39 is 35.0 Å². The fourth-order valence-electron chi connectivity index (χ4n) is 5.02. The summed E-state index contributed by atoms with van der Waals surface area (Å²) in [5.41, 5.74) is 2.69. The second kappa shape index (κ2) is 12.2. The molecule has 5 aromatic rings. The highest BCUT2D eigenvalue weighted by molar-refractivity contribution is 6.31. The van der Waals surface area contributed by atoms with Crippen molar-refractivity contribution in [1.29, 1.82) is 0 Å². The van der Waals surface area contributed by atoms with Gasteiger partial charge in [0.2, 0.25) is 5.76 Å². The van der Waals surface area contributed by atoms with Crippen LogP contribution in [0.2, 0.25) is 5.02 Å². The molecule has 0 saturated carbocycles. The van der Waals surface area contributed by atoms with Crippen LogP contribution in [0, 0.1) is 19.7 Å². The van der Waals surface area contributed by atoms with Crippen LogP contribution in [0.25, 0.3) is 22.2 Å². The van der Waals surface area contributed by atoms with Crippen LogP contribution in [0.4, 0.5) is 17.6 Å². The molecular weight excluding hydrogens is 626 g/mol. The number of benzene rings is 2. The standard InChI is InChI=1S/C34H28ClF4N3O4/c1-18-19(2)41-27-14-24(36)15-40-30(27)29(18)31(43)42(17-25-10-11-28(46-25)34(37,38)39)16-22-9-8-21(13-26(22)35)20-6-5-7-23(12-20)33(3,4)32(44)45/h5-15H,16-17H2,1-4H3,(H,44,45). The zero-order valence-corrected chi connectivity index (χ0v) is 25.9. The molecular formula is C34H28ClF4N3O4. The van der Waals surface area contributed by atoms with Crippen LogP contribution in [-0.4, -0.2) is 31.9 Å². The number of pyridine rings is 2. The average Bonchev–Trinajstić information content (AvgIpc) is 3.48. The highest BCUT2D eigenvalue weighted by Gasteiger charge is 2.35. The number of aromatic nitrogens is 2. The molecule has 2 aromatic carbocycles. The molecule has 0 radical (unpaired) electrons. The van der Waals surface area contributed by atoms with Gasteiger partial charge in [-0.2, -0.15) is 13.2 Å². The third-order valence-corrected chi connectivity index (χ3v) is 8.28. The van der Waals surface area contributed by atoms with E-state index in [0.29, 0.717) is 27.9 Å². The fourth-order valence-corrected chi connectivity index (χ4v) is 5.26. The average molecular weight is 654 g/mol. The molecule has 0 fully saturated rings. The summed E-state index contributed by atoms with van der Waals surface area (Å²) in [6.07, 6.45) is -3.75. The van der Waals surface area contributed by atoms with E-state index in [4.69, 9.17) is 16.0 Å². The Morgan fingerprint density at radius 2 is 1.70 bits per heavy atom. The van der Waals surface area contributed by atoms with Crippen LogP contribution >= 0.6 is 11.6 Å². The normalized spacial score (nSPS) is 12.0. The maximum absolute atomic E-state index is 14.2. The van der Waals surface area contributed by atoms with Crippen molar-refractivity contribution >= 4 is 34.5 Å². The fraction of sp³-hybridized carbons (Fsp3) is 0.235. The molecule has 0 atom stereocenters. The van der Waals surface area contributed by atoms with Crippen molar-refractivity contribution in [3.8, 4) is 11.1 Å². The Morgan fingerprint density at radius 1 is 0.978 bits per heavy atom. The second-order valence-electron chi connectivity index (χ2n) is 11.5. The molecule has 46 heavy (non-hydrogen) atoms. The zero-order valence-electron chi connectivity index (χ0n) is 25.2. The number of rotatable bonds is 8. The number of carbonyl (C=O) groups excluding carboxylic acids is 1. The number of furan rings is 1. The molecule has 12 heteroatoms. The number of aryl methyl sites for hydroxylation is 1. The molecule has 3 aromatic heterocycles. The van der Waals surface area contributed by atoms with E-state index >= 15 is 0 Å². The largest absolute Gasteiger partial charge is 0.481 e. The smallest absolute Gasteiger partial charge is 0.449 e. The van der Waals surface area contributed by atoms with Gasteiger partial charge in [-0.25, -0.2) is 4.39 Å². The topological polar surface area (TPSA) is 96.5 Å². The van der Waals surface area contributed by atoms with E-state index in [2.05, 4.69) is 9.97 Å². The van der Waals surface area contributed by atoms with Crippen LogP contribution in [0.15, 0.2) is 71.3 Å². The molecule has 0 unspecified atom stereocenters. The molecule has 7 nitrogen and oxygen atoms in total. The van der Waals surface area contributed by atoms with Gasteiger partial charge in [-0.05, 0) is 73.7 Å². The van der Waals surface area contributed by atoms with Crippen molar-refractivity contribution < 1.29 is 36.7 Å². The van der Waals surface area contributed by atoms with Gasteiger partial charge in [-0.3, -0.25) is 19.6 Å². The van der Waals surface area contributed by atoms with Crippen molar-refractivity contribution in [1.82, 2.24) is 14.9 Å². The lowest BCUT2D eigenvalue weighted by Crippen LogP contribution is -2.31. The second-order valence-corrected chi connectivity index (χ2v) is 11.9. The van der Waals surface area contributed by atoms with Gasteiger partial charge in [-0.1, -0.05) is 48.0 Å². The van der Waals surface area contributed by atoms with E-state index in [1.165, 1.54) is 4.90 Å². The summed E-state index contributed by atoms with van der Waals surface area (Å²) in [7, 11) is 0. The molecule has 0 saturated heterocycles. The number of halogens is 5. The minimum atomic E-state index is -4.72. The molecule has 0 aliphatic carbocycles. The summed E-state index contributed by atoms with van der Waals surface area (Å²) >= 11 is 6.72. The van der Waals surface area contributed by atoms with E-state index in [-0.39, 0.29) is 40.5 Å². The summed E-state index contributed by atoms with van der Waals surface area (Å²) in [5, 5.41) is 9.92. The van der Waals surface area contributed by atoms with Crippen LogP contribution in [-0.2, 0) is 29.5 Å². The lowest BCUT2D eigenvalue weighted by atomic mass is 9.83. The summed E-state index contributed by atoms with van der Waals surface area (Å²) in [6, 6.07) is 15.3. The first-order valence-corrected chi connectivity index (χ1v) is 14.4. The molecule has 1 amide bonds. The van der Waals surface area contributed by atoms with Gasteiger partial charge in [0.25, 0.3) is 5.91 Å². The van der Waals surface area contributed by atoms with Gasteiger partial charge >= 0.3 is 12.1 Å². The van der Waals surface area contributed by atoms with E-state index in [0.717, 1.165) is 30.0 Å². The van der Waals surface area contributed by atoms with Gasteiger partial charge in [0, 0.05) is 23.3 Å². The number of hydrogen-bond donors (Lipinski definition) is 1. The van der Waals surface area contributed by atoms with Crippen LogP contribution in [0.3, 0.4) is 0 Å². The summed E-state index contributed by atoms with van der Waals surface area (Å²) in [4.78, 5) is 35.8. The Hall–Kier alpha value is -4.77. The lowest BCUT2D eigenvalue weighted by Gasteiger charge is -2.24. The van der Waals surface area contributed by atoms with Gasteiger partial charge in [0.1, 0.15) is 17.1 Å². The van der Waals surface area contributed by atoms with Gasteiger partial charge in [0.15, 0.2) is 0 Å². The maximum atomic E-state index is 14.2.